The Morgan fingerprint density at radius 1 is 1.11 bits per heavy atom. The average Bonchev–Trinajstić information content (AvgIpc) is 2.34. The lowest BCUT2D eigenvalue weighted by atomic mass is 9.95. The first-order chi connectivity index (χ1) is 8.74. The molecule has 0 saturated heterocycles. The van der Waals surface area contributed by atoms with Gasteiger partial charge in [-0.25, -0.2) is 9.97 Å². The molecule has 4 nitrogen and oxygen atoms in total. The lowest BCUT2D eigenvalue weighted by Gasteiger charge is -2.20. The maximum atomic E-state index is 4.62. The van der Waals surface area contributed by atoms with E-state index in [0.29, 0.717) is 11.8 Å². The number of aromatic nitrogens is 2. The molecule has 0 fully saturated rings. The SMILES string of the molecule is CNc1cc(NCC(C)C(C)C)nc(C(C)(C)C)n1. The number of hydrogen-bond acceptors (Lipinski definition) is 4. The van der Waals surface area contributed by atoms with E-state index in [1.54, 1.807) is 0 Å². The average molecular weight is 264 g/mol. The molecule has 0 saturated carbocycles. The Morgan fingerprint density at radius 3 is 2.16 bits per heavy atom. The summed E-state index contributed by atoms with van der Waals surface area (Å²) in [5, 5.41) is 6.52. The minimum atomic E-state index is -0.0487. The highest BCUT2D eigenvalue weighted by atomic mass is 15.1. The van der Waals surface area contributed by atoms with Crippen LogP contribution in [0.15, 0.2) is 6.07 Å². The summed E-state index contributed by atoms with van der Waals surface area (Å²) >= 11 is 0. The van der Waals surface area contributed by atoms with E-state index in [9.17, 15) is 0 Å². The molecule has 19 heavy (non-hydrogen) atoms. The van der Waals surface area contributed by atoms with E-state index in [4.69, 9.17) is 0 Å². The largest absolute Gasteiger partial charge is 0.373 e. The van der Waals surface area contributed by atoms with Gasteiger partial charge >= 0.3 is 0 Å². The van der Waals surface area contributed by atoms with Crippen molar-refractivity contribution in [1.29, 1.82) is 0 Å². The second kappa shape index (κ2) is 6.22. The number of nitrogens with zero attached hydrogens (tertiary/aromatic N) is 2. The van der Waals surface area contributed by atoms with Gasteiger partial charge < -0.3 is 10.6 Å². The summed E-state index contributed by atoms with van der Waals surface area (Å²) in [6.45, 7) is 14.1. The Bertz CT molecular complexity index is 407. The minimum absolute atomic E-state index is 0.0487. The van der Waals surface area contributed by atoms with Crippen molar-refractivity contribution in [3.05, 3.63) is 11.9 Å². The first kappa shape index (κ1) is 15.7. The molecule has 4 heteroatoms. The third-order valence-corrected chi connectivity index (χ3v) is 3.40. The van der Waals surface area contributed by atoms with Crippen LogP contribution < -0.4 is 10.6 Å². The number of nitrogens with one attached hydrogen (secondary N) is 2. The predicted octanol–water partition coefficient (Wildman–Crippen LogP) is 3.52. The molecule has 0 aromatic carbocycles. The van der Waals surface area contributed by atoms with Gasteiger partial charge in [0.25, 0.3) is 0 Å². The fourth-order valence-corrected chi connectivity index (χ4v) is 1.50. The number of hydrogen-bond donors (Lipinski definition) is 2. The van der Waals surface area contributed by atoms with Crippen LogP contribution in [0.4, 0.5) is 11.6 Å². The van der Waals surface area contributed by atoms with E-state index >= 15 is 0 Å². The van der Waals surface area contributed by atoms with E-state index in [1.807, 2.05) is 13.1 Å². The normalized spacial score (nSPS) is 13.5. The molecular weight excluding hydrogens is 236 g/mol. The summed E-state index contributed by atoms with van der Waals surface area (Å²) in [7, 11) is 1.88. The molecular formula is C15H28N4. The van der Waals surface area contributed by atoms with Crippen molar-refractivity contribution >= 4 is 11.6 Å². The van der Waals surface area contributed by atoms with Gasteiger partial charge in [0, 0.05) is 25.1 Å². The molecule has 0 aliphatic rings. The highest BCUT2D eigenvalue weighted by molar-refractivity contribution is 5.47. The Balaban J connectivity index is 2.89. The van der Waals surface area contributed by atoms with Crippen LogP contribution in [0.2, 0.25) is 0 Å². The molecule has 0 aliphatic heterocycles. The standard InChI is InChI=1S/C15H28N4/c1-10(2)11(3)9-17-13-8-12(16-7)18-14(19-13)15(4,5)6/h8,10-11H,9H2,1-7H3,(H2,16,17,18,19). The van der Waals surface area contributed by atoms with Crippen molar-refractivity contribution in [2.24, 2.45) is 11.8 Å². The van der Waals surface area contributed by atoms with Gasteiger partial charge in [-0.05, 0) is 11.8 Å². The Kier molecular flexibility index (Phi) is 5.15. The molecule has 1 atom stereocenters. The quantitative estimate of drug-likeness (QED) is 0.854. The van der Waals surface area contributed by atoms with Crippen LogP contribution in [0.1, 0.15) is 47.4 Å². The van der Waals surface area contributed by atoms with Gasteiger partial charge in [0.15, 0.2) is 0 Å². The summed E-state index contributed by atoms with van der Waals surface area (Å²) in [4.78, 5) is 9.14. The van der Waals surface area contributed by atoms with E-state index in [2.05, 4.69) is 62.1 Å². The second-order valence-corrected chi connectivity index (χ2v) is 6.56. The molecule has 0 bridgehead atoms. The van der Waals surface area contributed by atoms with Crippen molar-refractivity contribution in [2.75, 3.05) is 24.2 Å². The van der Waals surface area contributed by atoms with E-state index < -0.39 is 0 Å². The van der Waals surface area contributed by atoms with Crippen molar-refractivity contribution in [3.8, 4) is 0 Å². The van der Waals surface area contributed by atoms with Crippen LogP contribution in [0.25, 0.3) is 0 Å². The molecule has 0 radical (unpaired) electrons. The van der Waals surface area contributed by atoms with Gasteiger partial charge in [0.2, 0.25) is 0 Å². The monoisotopic (exact) mass is 264 g/mol. The fraction of sp³-hybridized carbons (Fsp3) is 0.733. The molecule has 1 unspecified atom stereocenters. The lowest BCUT2D eigenvalue weighted by molar-refractivity contribution is 0.439. The first-order valence-electron chi connectivity index (χ1n) is 7.05. The van der Waals surface area contributed by atoms with E-state index in [-0.39, 0.29) is 5.41 Å². The van der Waals surface area contributed by atoms with Gasteiger partial charge in [-0.3, -0.25) is 0 Å². The van der Waals surface area contributed by atoms with Crippen LogP contribution in [0.5, 0.6) is 0 Å². The van der Waals surface area contributed by atoms with E-state index in [1.165, 1.54) is 0 Å². The lowest BCUT2D eigenvalue weighted by Crippen LogP contribution is -2.20. The van der Waals surface area contributed by atoms with Gasteiger partial charge in [0.1, 0.15) is 17.5 Å². The molecule has 0 amide bonds. The molecule has 108 valence electrons. The highest BCUT2D eigenvalue weighted by Gasteiger charge is 2.19. The van der Waals surface area contributed by atoms with Crippen LogP contribution in [-0.4, -0.2) is 23.6 Å². The fourth-order valence-electron chi connectivity index (χ4n) is 1.50. The smallest absolute Gasteiger partial charge is 0.138 e. The number of rotatable bonds is 5. The molecule has 0 aliphatic carbocycles. The second-order valence-electron chi connectivity index (χ2n) is 6.56. The third kappa shape index (κ3) is 4.69. The maximum Gasteiger partial charge on any atom is 0.138 e. The minimum Gasteiger partial charge on any atom is -0.373 e. The van der Waals surface area contributed by atoms with Crippen molar-refractivity contribution < 1.29 is 0 Å². The summed E-state index contributed by atoms with van der Waals surface area (Å²) in [6, 6.07) is 1.96. The first-order valence-corrected chi connectivity index (χ1v) is 7.05. The zero-order valence-electron chi connectivity index (χ0n) is 13.3. The van der Waals surface area contributed by atoms with Gasteiger partial charge in [-0.15, -0.1) is 0 Å². The van der Waals surface area contributed by atoms with Crippen molar-refractivity contribution in [1.82, 2.24) is 9.97 Å². The van der Waals surface area contributed by atoms with Gasteiger partial charge in [-0.1, -0.05) is 41.5 Å². The Labute approximate surface area is 117 Å². The van der Waals surface area contributed by atoms with Crippen LogP contribution in [-0.2, 0) is 5.41 Å². The summed E-state index contributed by atoms with van der Waals surface area (Å²) in [5.41, 5.74) is -0.0487. The Hall–Kier alpha value is -1.32. The Morgan fingerprint density at radius 2 is 1.68 bits per heavy atom. The molecule has 1 heterocycles. The van der Waals surface area contributed by atoms with Gasteiger partial charge in [0.05, 0.1) is 0 Å². The van der Waals surface area contributed by atoms with E-state index in [0.717, 1.165) is 24.0 Å². The third-order valence-electron chi connectivity index (χ3n) is 3.40. The predicted molar refractivity (Wildman–Crippen MR) is 82.8 cm³/mol. The van der Waals surface area contributed by atoms with Gasteiger partial charge in [-0.2, -0.15) is 0 Å². The maximum absolute atomic E-state index is 4.62. The molecule has 1 aromatic rings. The molecule has 1 rings (SSSR count). The molecule has 1 aromatic heterocycles. The summed E-state index contributed by atoms with van der Waals surface area (Å²) in [5.74, 6) is 3.90. The molecule has 2 N–H and O–H groups in total. The topological polar surface area (TPSA) is 49.8 Å². The molecule has 0 spiro atoms. The van der Waals surface area contributed by atoms with Crippen LogP contribution >= 0.6 is 0 Å². The zero-order chi connectivity index (χ0) is 14.6. The number of anilines is 2. The summed E-state index contributed by atoms with van der Waals surface area (Å²) in [6.07, 6.45) is 0. The van der Waals surface area contributed by atoms with Crippen molar-refractivity contribution in [2.45, 2.75) is 47.0 Å². The summed E-state index contributed by atoms with van der Waals surface area (Å²) < 4.78 is 0. The highest BCUT2D eigenvalue weighted by Crippen LogP contribution is 2.22. The zero-order valence-corrected chi connectivity index (χ0v) is 13.3. The van der Waals surface area contributed by atoms with Crippen molar-refractivity contribution in [3.63, 3.8) is 0 Å². The van der Waals surface area contributed by atoms with Crippen LogP contribution in [0, 0.1) is 11.8 Å². The van der Waals surface area contributed by atoms with Crippen LogP contribution in [0.3, 0.4) is 0 Å².